The van der Waals surface area contributed by atoms with Gasteiger partial charge in [-0.15, -0.1) is 0 Å². The maximum atomic E-state index is 11.8. The van der Waals surface area contributed by atoms with Crippen molar-refractivity contribution in [2.45, 2.75) is 38.3 Å². The minimum atomic E-state index is -3.23. The van der Waals surface area contributed by atoms with E-state index in [9.17, 15) is 8.42 Å². The van der Waals surface area contributed by atoms with Crippen LogP contribution in [0.25, 0.3) is 0 Å². The fraction of sp³-hybridized carbons (Fsp3) is 0.727. The highest BCUT2D eigenvalue weighted by Crippen LogP contribution is 2.10. The minimum Gasteiger partial charge on any atom is -0.360 e. The zero-order valence-corrected chi connectivity index (χ0v) is 11.1. The van der Waals surface area contributed by atoms with Crippen molar-refractivity contribution >= 4 is 10.0 Å². The van der Waals surface area contributed by atoms with Crippen LogP contribution in [0.4, 0.5) is 0 Å². The number of nitrogens with zero attached hydrogens (tertiary/aromatic N) is 1. The van der Waals surface area contributed by atoms with Crippen molar-refractivity contribution in [3.8, 4) is 0 Å². The molecule has 2 heterocycles. The third-order valence-electron chi connectivity index (χ3n) is 3.10. The third kappa shape index (κ3) is 4.40. The normalized spacial score (nSPS) is 21.0. The summed E-state index contributed by atoms with van der Waals surface area (Å²) in [6.45, 7) is 1.16. The third-order valence-corrected chi connectivity index (χ3v) is 4.46. The Labute approximate surface area is 107 Å². The van der Waals surface area contributed by atoms with Gasteiger partial charge in [-0.3, -0.25) is 0 Å². The van der Waals surface area contributed by atoms with Crippen molar-refractivity contribution in [3.63, 3.8) is 0 Å². The summed E-state index contributed by atoms with van der Waals surface area (Å²) >= 11 is 0. The smallest absolute Gasteiger partial charge is 0.212 e. The molecule has 0 spiro atoms. The molecule has 1 saturated heterocycles. The van der Waals surface area contributed by atoms with E-state index in [0.29, 0.717) is 18.2 Å². The molecule has 7 heteroatoms. The van der Waals surface area contributed by atoms with Gasteiger partial charge in [-0.05, 0) is 25.8 Å². The van der Waals surface area contributed by atoms with Gasteiger partial charge in [0.15, 0.2) is 5.76 Å². The second kappa shape index (κ2) is 6.31. The number of sulfonamides is 1. The summed E-state index contributed by atoms with van der Waals surface area (Å²) in [5.74, 6) is 0.674. The van der Waals surface area contributed by atoms with Crippen LogP contribution in [-0.4, -0.2) is 31.9 Å². The lowest BCUT2D eigenvalue weighted by Crippen LogP contribution is -2.37. The molecule has 0 aliphatic carbocycles. The summed E-state index contributed by atoms with van der Waals surface area (Å²) in [6, 6.07) is 1.98. The largest absolute Gasteiger partial charge is 0.360 e. The van der Waals surface area contributed by atoms with Gasteiger partial charge in [0.1, 0.15) is 0 Å². The number of hydrogen-bond acceptors (Lipinski definition) is 5. The molecule has 0 bridgehead atoms. The van der Waals surface area contributed by atoms with E-state index in [1.807, 2.05) is 0 Å². The molecule has 2 N–H and O–H groups in total. The van der Waals surface area contributed by atoms with Crippen LogP contribution in [0.2, 0.25) is 0 Å². The van der Waals surface area contributed by atoms with Gasteiger partial charge < -0.3 is 9.84 Å². The van der Waals surface area contributed by atoms with Crippen LogP contribution in [0, 0.1) is 0 Å². The van der Waals surface area contributed by atoms with Crippen LogP contribution in [0.1, 0.15) is 31.4 Å². The van der Waals surface area contributed by atoms with E-state index in [4.69, 9.17) is 4.52 Å². The van der Waals surface area contributed by atoms with E-state index in [-0.39, 0.29) is 12.3 Å². The molecular weight excluding hydrogens is 254 g/mol. The van der Waals surface area contributed by atoms with Crippen molar-refractivity contribution < 1.29 is 12.9 Å². The van der Waals surface area contributed by atoms with Gasteiger partial charge in [-0.1, -0.05) is 11.6 Å². The summed E-state index contributed by atoms with van der Waals surface area (Å²) in [7, 11) is -3.23. The van der Waals surface area contributed by atoms with Crippen molar-refractivity contribution in [1.29, 1.82) is 0 Å². The van der Waals surface area contributed by atoms with Gasteiger partial charge in [0.25, 0.3) is 0 Å². The van der Waals surface area contributed by atoms with E-state index >= 15 is 0 Å². The molecule has 1 aliphatic heterocycles. The predicted molar refractivity (Wildman–Crippen MR) is 67.4 cm³/mol. The van der Waals surface area contributed by atoms with Gasteiger partial charge in [0, 0.05) is 12.1 Å². The first kappa shape index (κ1) is 13.5. The molecule has 18 heavy (non-hydrogen) atoms. The average Bonchev–Trinajstić information content (AvgIpc) is 2.89. The Kier molecular flexibility index (Phi) is 4.73. The molecule has 0 aromatic carbocycles. The molecule has 0 amide bonds. The minimum absolute atomic E-state index is 0.152. The quantitative estimate of drug-likeness (QED) is 0.794. The molecule has 0 radical (unpaired) electrons. The van der Waals surface area contributed by atoms with Crippen molar-refractivity contribution in [3.05, 3.63) is 18.0 Å². The fourth-order valence-corrected chi connectivity index (χ4v) is 3.16. The molecule has 0 saturated carbocycles. The number of nitrogens with one attached hydrogen (secondary N) is 2. The van der Waals surface area contributed by atoms with Crippen LogP contribution in [0.3, 0.4) is 0 Å². The maximum Gasteiger partial charge on any atom is 0.212 e. The Morgan fingerprint density at radius 2 is 2.39 bits per heavy atom. The molecule has 1 aliphatic rings. The summed E-state index contributed by atoms with van der Waals surface area (Å²) in [6.07, 6.45) is 5.59. The number of rotatable bonds is 6. The summed E-state index contributed by atoms with van der Waals surface area (Å²) in [5.41, 5.74) is 0. The Balaban J connectivity index is 1.73. The van der Waals surface area contributed by atoms with Crippen LogP contribution in [0.5, 0.6) is 0 Å². The lowest BCUT2D eigenvalue weighted by Gasteiger charge is -2.23. The predicted octanol–water partition coefficient (Wildman–Crippen LogP) is 0.626. The van der Waals surface area contributed by atoms with Crippen LogP contribution < -0.4 is 10.0 Å². The van der Waals surface area contributed by atoms with E-state index < -0.39 is 10.0 Å². The highest BCUT2D eigenvalue weighted by molar-refractivity contribution is 7.89. The van der Waals surface area contributed by atoms with Crippen LogP contribution >= 0.6 is 0 Å². The number of hydrogen-bond donors (Lipinski definition) is 2. The molecule has 6 nitrogen and oxygen atoms in total. The number of aromatic nitrogens is 1. The lowest BCUT2D eigenvalue weighted by molar-refractivity contribution is 0.379. The molecular formula is C11H19N3O3S. The molecule has 1 unspecified atom stereocenters. The van der Waals surface area contributed by atoms with E-state index in [1.165, 1.54) is 19.0 Å². The Hall–Kier alpha value is -0.920. The van der Waals surface area contributed by atoms with Crippen LogP contribution in [-0.2, 0) is 16.6 Å². The van der Waals surface area contributed by atoms with E-state index in [1.54, 1.807) is 6.07 Å². The Bertz CT molecular complexity index is 438. The second-order valence-corrected chi connectivity index (χ2v) is 6.48. The van der Waals surface area contributed by atoms with Crippen LogP contribution in [0.15, 0.2) is 16.8 Å². The molecule has 102 valence electrons. The Morgan fingerprint density at radius 1 is 1.50 bits per heavy atom. The van der Waals surface area contributed by atoms with Gasteiger partial charge in [-0.2, -0.15) is 0 Å². The molecule has 2 rings (SSSR count). The van der Waals surface area contributed by atoms with Crippen molar-refractivity contribution in [1.82, 2.24) is 15.2 Å². The maximum absolute atomic E-state index is 11.8. The first-order chi connectivity index (χ1) is 8.66. The van der Waals surface area contributed by atoms with Crippen molar-refractivity contribution in [2.24, 2.45) is 0 Å². The SMILES string of the molecule is O=S(=O)(CCC1CCCCN1)NCc1ccno1. The molecule has 1 aromatic heterocycles. The van der Waals surface area contributed by atoms with Gasteiger partial charge >= 0.3 is 0 Å². The Morgan fingerprint density at radius 3 is 3.06 bits per heavy atom. The van der Waals surface area contributed by atoms with Gasteiger partial charge in [-0.25, -0.2) is 13.1 Å². The number of piperidine rings is 1. The average molecular weight is 273 g/mol. The molecule has 1 aromatic rings. The first-order valence-electron chi connectivity index (χ1n) is 6.26. The van der Waals surface area contributed by atoms with E-state index in [0.717, 1.165) is 13.0 Å². The van der Waals surface area contributed by atoms with E-state index in [2.05, 4.69) is 15.2 Å². The molecule has 1 fully saturated rings. The molecule has 1 atom stereocenters. The lowest BCUT2D eigenvalue weighted by atomic mass is 10.0. The second-order valence-electron chi connectivity index (χ2n) is 4.55. The highest BCUT2D eigenvalue weighted by Gasteiger charge is 2.17. The monoisotopic (exact) mass is 273 g/mol. The summed E-state index contributed by atoms with van der Waals surface area (Å²) in [5, 5.41) is 6.86. The zero-order chi connectivity index (χ0) is 12.8. The van der Waals surface area contributed by atoms with Gasteiger partial charge in [0.2, 0.25) is 10.0 Å². The summed E-state index contributed by atoms with van der Waals surface area (Å²) < 4.78 is 30.9. The standard InChI is InChI=1S/C11H19N3O3S/c15-18(16,14-9-11-4-7-13-17-11)8-5-10-3-1-2-6-12-10/h4,7,10,12,14H,1-3,5-6,8-9H2. The topological polar surface area (TPSA) is 84.2 Å². The first-order valence-corrected chi connectivity index (χ1v) is 7.91. The van der Waals surface area contributed by atoms with Crippen molar-refractivity contribution in [2.75, 3.05) is 12.3 Å². The van der Waals surface area contributed by atoms with Gasteiger partial charge in [0.05, 0.1) is 18.5 Å². The fourth-order valence-electron chi connectivity index (χ4n) is 2.05. The zero-order valence-electron chi connectivity index (χ0n) is 10.3. The summed E-state index contributed by atoms with van der Waals surface area (Å²) in [4.78, 5) is 0. The highest BCUT2D eigenvalue weighted by atomic mass is 32.2.